The smallest absolute Gasteiger partial charge is 0.0410 e. The van der Waals surface area contributed by atoms with Crippen LogP contribution in [-0.2, 0) is 6.54 Å². The van der Waals surface area contributed by atoms with Crippen molar-refractivity contribution in [3.05, 3.63) is 45.9 Å². The van der Waals surface area contributed by atoms with E-state index in [9.17, 15) is 0 Å². The van der Waals surface area contributed by atoms with Gasteiger partial charge in [-0.2, -0.15) is 0 Å². The molecule has 0 aliphatic carbocycles. The van der Waals surface area contributed by atoms with Gasteiger partial charge in [0, 0.05) is 22.6 Å². The zero-order valence-electron chi connectivity index (χ0n) is 7.19. The maximum atomic E-state index is 5.86. The number of rotatable bonds is 4. The third-order valence-electron chi connectivity index (χ3n) is 1.61. The van der Waals surface area contributed by atoms with Crippen LogP contribution >= 0.6 is 27.5 Å². The first-order valence-electron chi connectivity index (χ1n) is 3.99. The average molecular weight is 261 g/mol. The second-order valence-corrected chi connectivity index (χ2v) is 3.95. The van der Waals surface area contributed by atoms with Crippen LogP contribution in [0.5, 0.6) is 0 Å². The van der Waals surface area contributed by atoms with E-state index in [0.29, 0.717) is 0 Å². The molecule has 1 aromatic rings. The number of nitrogens with one attached hydrogen (secondary N) is 1. The zero-order chi connectivity index (χ0) is 9.68. The van der Waals surface area contributed by atoms with Crippen LogP contribution in [0, 0.1) is 0 Å². The van der Waals surface area contributed by atoms with E-state index in [-0.39, 0.29) is 0 Å². The van der Waals surface area contributed by atoms with Crippen molar-refractivity contribution < 1.29 is 0 Å². The lowest BCUT2D eigenvalue weighted by Gasteiger charge is -2.05. The van der Waals surface area contributed by atoms with E-state index >= 15 is 0 Å². The second kappa shape index (κ2) is 5.43. The fourth-order valence-electron chi connectivity index (χ4n) is 0.988. The lowest BCUT2D eigenvalue weighted by atomic mass is 10.2. The lowest BCUT2D eigenvalue weighted by Crippen LogP contribution is -2.12. The predicted octanol–water partition coefficient (Wildman–Crippen LogP) is 3.38. The molecule has 70 valence electrons. The average Bonchev–Trinajstić information content (AvgIpc) is 2.11. The van der Waals surface area contributed by atoms with Gasteiger partial charge < -0.3 is 5.32 Å². The van der Waals surface area contributed by atoms with Crippen molar-refractivity contribution in [1.29, 1.82) is 0 Å². The van der Waals surface area contributed by atoms with Gasteiger partial charge in [-0.25, -0.2) is 0 Å². The van der Waals surface area contributed by atoms with Crippen LogP contribution < -0.4 is 5.32 Å². The van der Waals surface area contributed by atoms with Crippen molar-refractivity contribution in [3.8, 4) is 0 Å². The van der Waals surface area contributed by atoms with Gasteiger partial charge in [0.2, 0.25) is 0 Å². The van der Waals surface area contributed by atoms with Gasteiger partial charge in [-0.05, 0) is 23.8 Å². The molecule has 3 heteroatoms. The summed E-state index contributed by atoms with van der Waals surface area (Å²) in [6.07, 6.45) is 1.83. The first kappa shape index (κ1) is 10.8. The molecule has 1 nitrogen and oxygen atoms in total. The Hall–Kier alpha value is -0.310. The molecule has 0 radical (unpaired) electrons. The highest BCUT2D eigenvalue weighted by Gasteiger charge is 1.99. The van der Waals surface area contributed by atoms with Gasteiger partial charge in [0.05, 0.1) is 0 Å². The first-order chi connectivity index (χ1) is 6.24. The molecule has 0 unspecified atom stereocenters. The number of benzene rings is 1. The molecule has 0 bridgehead atoms. The van der Waals surface area contributed by atoms with Gasteiger partial charge in [0.25, 0.3) is 0 Å². The molecule has 13 heavy (non-hydrogen) atoms. The van der Waals surface area contributed by atoms with Gasteiger partial charge >= 0.3 is 0 Å². The van der Waals surface area contributed by atoms with Crippen molar-refractivity contribution in [3.63, 3.8) is 0 Å². The Labute approximate surface area is 91.9 Å². The van der Waals surface area contributed by atoms with Crippen molar-refractivity contribution >= 4 is 27.5 Å². The molecule has 1 rings (SSSR count). The lowest BCUT2D eigenvalue weighted by molar-refractivity contribution is 0.758. The summed E-state index contributed by atoms with van der Waals surface area (Å²) in [6, 6.07) is 5.76. The monoisotopic (exact) mass is 259 g/mol. The Morgan fingerprint density at radius 2 is 2.31 bits per heavy atom. The van der Waals surface area contributed by atoms with Crippen LogP contribution in [0.4, 0.5) is 0 Å². The molecule has 1 N–H and O–H groups in total. The van der Waals surface area contributed by atoms with Gasteiger partial charge in [-0.3, -0.25) is 0 Å². The normalized spacial score (nSPS) is 10.0. The minimum absolute atomic E-state index is 0.763. The fraction of sp³-hybridized carbons (Fsp3) is 0.200. The summed E-state index contributed by atoms with van der Waals surface area (Å²) in [7, 11) is 0. The third-order valence-corrected chi connectivity index (χ3v) is 2.62. The van der Waals surface area contributed by atoms with Crippen LogP contribution in [-0.4, -0.2) is 6.54 Å². The second-order valence-electron chi connectivity index (χ2n) is 2.66. The number of halogens is 2. The topological polar surface area (TPSA) is 12.0 Å². The maximum Gasteiger partial charge on any atom is 0.0410 e. The highest BCUT2D eigenvalue weighted by Crippen LogP contribution is 2.20. The number of hydrogen-bond donors (Lipinski definition) is 1. The van der Waals surface area contributed by atoms with Crippen LogP contribution in [0.2, 0.25) is 5.02 Å². The maximum absolute atomic E-state index is 5.86. The molecule has 0 aromatic heterocycles. The van der Waals surface area contributed by atoms with Gasteiger partial charge in [-0.1, -0.05) is 33.6 Å². The molecular weight excluding hydrogens is 249 g/mol. The largest absolute Gasteiger partial charge is 0.309 e. The quantitative estimate of drug-likeness (QED) is 0.646. The minimum Gasteiger partial charge on any atom is -0.309 e. The summed E-state index contributed by atoms with van der Waals surface area (Å²) in [5, 5.41) is 3.98. The Balaban J connectivity index is 2.64. The molecule has 0 saturated heterocycles. The summed E-state index contributed by atoms with van der Waals surface area (Å²) in [4.78, 5) is 0. The summed E-state index contributed by atoms with van der Waals surface area (Å²) in [5.41, 5.74) is 1.16. The van der Waals surface area contributed by atoms with Crippen molar-refractivity contribution in [1.82, 2.24) is 5.32 Å². The Morgan fingerprint density at radius 1 is 1.54 bits per heavy atom. The van der Waals surface area contributed by atoms with E-state index in [1.807, 2.05) is 24.3 Å². The van der Waals surface area contributed by atoms with Gasteiger partial charge in [0.1, 0.15) is 0 Å². The van der Waals surface area contributed by atoms with E-state index in [2.05, 4.69) is 27.8 Å². The summed E-state index contributed by atoms with van der Waals surface area (Å²) in [5.74, 6) is 0. The Morgan fingerprint density at radius 3 is 3.00 bits per heavy atom. The SMILES string of the molecule is C=CCNCc1cc(Cl)ccc1Br. The van der Waals surface area contributed by atoms with Gasteiger partial charge in [-0.15, -0.1) is 6.58 Å². The van der Waals surface area contributed by atoms with Crippen LogP contribution in [0.15, 0.2) is 35.3 Å². The van der Waals surface area contributed by atoms with E-state index < -0.39 is 0 Å². The summed E-state index contributed by atoms with van der Waals surface area (Å²) >= 11 is 9.32. The molecule has 0 amide bonds. The van der Waals surface area contributed by atoms with Crippen molar-refractivity contribution in [2.24, 2.45) is 0 Å². The number of hydrogen-bond acceptors (Lipinski definition) is 1. The van der Waals surface area contributed by atoms with E-state index in [4.69, 9.17) is 11.6 Å². The van der Waals surface area contributed by atoms with E-state index in [1.54, 1.807) is 0 Å². The zero-order valence-corrected chi connectivity index (χ0v) is 9.53. The van der Waals surface area contributed by atoms with Crippen LogP contribution in [0.1, 0.15) is 5.56 Å². The van der Waals surface area contributed by atoms with Crippen molar-refractivity contribution in [2.75, 3.05) is 6.54 Å². The molecule has 1 aromatic carbocycles. The molecule has 0 fully saturated rings. The Bertz CT molecular complexity index is 299. The predicted molar refractivity (Wildman–Crippen MR) is 61.1 cm³/mol. The first-order valence-corrected chi connectivity index (χ1v) is 5.16. The molecule has 0 aliphatic heterocycles. The van der Waals surface area contributed by atoms with Crippen molar-refractivity contribution in [2.45, 2.75) is 6.54 Å². The minimum atomic E-state index is 0.763. The Kier molecular flexibility index (Phi) is 4.50. The molecule has 0 saturated carbocycles. The molecule has 0 aliphatic rings. The van der Waals surface area contributed by atoms with Crippen LogP contribution in [0.3, 0.4) is 0 Å². The molecular formula is C10H11BrClN. The highest BCUT2D eigenvalue weighted by molar-refractivity contribution is 9.10. The fourth-order valence-corrected chi connectivity index (χ4v) is 1.57. The summed E-state index contributed by atoms with van der Waals surface area (Å²) < 4.78 is 1.08. The molecule has 0 heterocycles. The van der Waals surface area contributed by atoms with Gasteiger partial charge in [0.15, 0.2) is 0 Å². The van der Waals surface area contributed by atoms with E-state index in [1.165, 1.54) is 0 Å². The molecule has 0 atom stereocenters. The third kappa shape index (κ3) is 3.51. The highest BCUT2D eigenvalue weighted by atomic mass is 79.9. The standard InChI is InChI=1S/C10H11BrClN/c1-2-5-13-7-8-6-9(12)3-4-10(8)11/h2-4,6,13H,1,5,7H2. The summed E-state index contributed by atoms with van der Waals surface area (Å²) in [6.45, 7) is 5.23. The van der Waals surface area contributed by atoms with E-state index in [0.717, 1.165) is 28.1 Å². The van der Waals surface area contributed by atoms with Crippen LogP contribution in [0.25, 0.3) is 0 Å². The molecule has 0 spiro atoms.